The quantitative estimate of drug-likeness (QED) is 0.645. The summed E-state index contributed by atoms with van der Waals surface area (Å²) in [5.74, 6) is 0. The predicted molar refractivity (Wildman–Crippen MR) is 46.7 cm³/mol. The molecule has 0 aliphatic rings. The molecular weight excluding hydrogens is 304 g/mol. The van der Waals surface area contributed by atoms with Crippen LogP contribution in [0.15, 0.2) is 24.3 Å². The Kier molecular flexibility index (Phi) is 9.34. The van der Waals surface area contributed by atoms with Gasteiger partial charge in [-0.2, -0.15) is 0 Å². The molecule has 0 unspecified atom stereocenters. The van der Waals surface area contributed by atoms with Crippen LogP contribution in [0.25, 0.3) is 0 Å². The number of benzene rings is 1. The molecule has 11 heavy (non-hydrogen) atoms. The minimum atomic E-state index is 0. The van der Waals surface area contributed by atoms with Crippen molar-refractivity contribution in [3.05, 3.63) is 49.2 Å². The minimum Gasteiger partial charge on any atom is -0.299 e. The molecule has 1 aromatic carbocycles. The summed E-state index contributed by atoms with van der Waals surface area (Å²) in [6.45, 7) is 11.5. The molecule has 0 bridgehead atoms. The first-order valence-electron chi connectivity index (χ1n) is 3.53. The summed E-state index contributed by atoms with van der Waals surface area (Å²) in [7, 11) is 0. The van der Waals surface area contributed by atoms with E-state index in [-0.39, 0.29) is 21.1 Å². The first-order valence-corrected chi connectivity index (χ1v) is 3.53. The summed E-state index contributed by atoms with van der Waals surface area (Å²) in [5.41, 5.74) is 2.01. The Labute approximate surface area is 84.3 Å². The molecule has 0 saturated heterocycles. The van der Waals surface area contributed by atoms with Crippen LogP contribution in [0.3, 0.4) is 0 Å². The molecule has 0 saturated carbocycles. The third-order valence-corrected chi connectivity index (χ3v) is 1.12. The van der Waals surface area contributed by atoms with Crippen molar-refractivity contribution in [1.82, 2.24) is 0 Å². The van der Waals surface area contributed by atoms with Crippen LogP contribution in [0.2, 0.25) is 0 Å². The second-order valence-electron chi connectivity index (χ2n) is 1.77. The van der Waals surface area contributed by atoms with E-state index >= 15 is 0 Å². The van der Waals surface area contributed by atoms with E-state index in [0.29, 0.717) is 0 Å². The molecule has 0 nitrogen and oxygen atoms in total. The molecule has 1 rings (SSSR count). The first kappa shape index (κ1) is 13.3. The summed E-state index contributed by atoms with van der Waals surface area (Å²) in [6.07, 6.45) is 0. The van der Waals surface area contributed by atoms with Crippen LogP contribution in [0.1, 0.15) is 25.0 Å². The molecule has 0 N–H and O–H groups in total. The SMILES string of the molecule is CC.[CH2-]c1ccccc1[CH2-].[W+2]. The van der Waals surface area contributed by atoms with Gasteiger partial charge in [-0.1, -0.05) is 13.8 Å². The molecule has 0 heterocycles. The zero-order chi connectivity index (χ0) is 7.98. The summed E-state index contributed by atoms with van der Waals surface area (Å²) >= 11 is 0. The maximum atomic E-state index is 3.76. The smallest absolute Gasteiger partial charge is 0.299 e. The van der Waals surface area contributed by atoms with E-state index in [4.69, 9.17) is 0 Å². The molecule has 0 amide bonds. The van der Waals surface area contributed by atoms with Gasteiger partial charge in [-0.15, -0.1) is 12.1 Å². The Morgan fingerprint density at radius 2 is 1.18 bits per heavy atom. The van der Waals surface area contributed by atoms with Crippen molar-refractivity contribution in [1.29, 1.82) is 0 Å². The maximum Gasteiger partial charge on any atom is 2.00 e. The molecule has 0 atom stereocenters. The maximum absolute atomic E-state index is 3.76. The van der Waals surface area contributed by atoms with Gasteiger partial charge in [0, 0.05) is 0 Å². The van der Waals surface area contributed by atoms with Gasteiger partial charge in [0.25, 0.3) is 0 Å². The van der Waals surface area contributed by atoms with Crippen LogP contribution < -0.4 is 0 Å². The monoisotopic (exact) mass is 318 g/mol. The Morgan fingerprint density at radius 3 is 1.36 bits per heavy atom. The standard InChI is InChI=1S/C8H8.C2H6.W/c1-7-5-3-4-6-8(7)2;1-2;/h3-6H,1-2H2;1-2H3;/q-2;;+2. The summed E-state index contributed by atoms with van der Waals surface area (Å²) in [4.78, 5) is 0. The fraction of sp³-hybridized carbons (Fsp3) is 0.200. The molecular formula is C10H14W. The zero-order valence-corrected chi connectivity index (χ0v) is 10.1. The first-order chi connectivity index (χ1) is 4.80. The molecule has 0 radical (unpaired) electrons. The summed E-state index contributed by atoms with van der Waals surface area (Å²) in [6, 6.07) is 7.80. The van der Waals surface area contributed by atoms with E-state index in [1.807, 2.05) is 38.1 Å². The fourth-order valence-electron chi connectivity index (χ4n) is 0.557. The number of hydrogen-bond donors (Lipinski definition) is 0. The van der Waals surface area contributed by atoms with Crippen molar-refractivity contribution < 1.29 is 21.1 Å². The van der Waals surface area contributed by atoms with Gasteiger partial charge < -0.3 is 0 Å². The Balaban J connectivity index is 0. The van der Waals surface area contributed by atoms with Gasteiger partial charge in [0.05, 0.1) is 0 Å². The summed E-state index contributed by atoms with van der Waals surface area (Å²) < 4.78 is 0. The average Bonchev–Trinajstić information content (AvgIpc) is 2.00. The molecule has 0 aliphatic carbocycles. The Morgan fingerprint density at radius 1 is 0.909 bits per heavy atom. The van der Waals surface area contributed by atoms with Crippen molar-refractivity contribution in [2.45, 2.75) is 13.8 Å². The van der Waals surface area contributed by atoms with Gasteiger partial charge in [0.15, 0.2) is 0 Å². The Hall–Kier alpha value is -0.352. The van der Waals surface area contributed by atoms with E-state index in [1.165, 1.54) is 0 Å². The van der Waals surface area contributed by atoms with Crippen LogP contribution in [-0.2, 0) is 21.1 Å². The van der Waals surface area contributed by atoms with Gasteiger partial charge in [0.1, 0.15) is 0 Å². The van der Waals surface area contributed by atoms with E-state index in [0.717, 1.165) is 11.1 Å². The van der Waals surface area contributed by atoms with Crippen LogP contribution in [0.5, 0.6) is 0 Å². The molecule has 0 spiro atoms. The van der Waals surface area contributed by atoms with Crippen molar-refractivity contribution in [2.75, 3.05) is 0 Å². The molecule has 1 heteroatoms. The molecule has 0 aromatic heterocycles. The van der Waals surface area contributed by atoms with Crippen LogP contribution >= 0.6 is 0 Å². The topological polar surface area (TPSA) is 0 Å². The fourth-order valence-corrected chi connectivity index (χ4v) is 0.557. The predicted octanol–water partition coefficient (Wildman–Crippen LogP) is 3.07. The second kappa shape index (κ2) is 7.75. The zero-order valence-electron chi connectivity index (χ0n) is 7.13. The summed E-state index contributed by atoms with van der Waals surface area (Å²) in [5, 5.41) is 0. The van der Waals surface area contributed by atoms with E-state index in [9.17, 15) is 0 Å². The van der Waals surface area contributed by atoms with Gasteiger partial charge in [-0.3, -0.25) is 25.0 Å². The van der Waals surface area contributed by atoms with Gasteiger partial charge in [-0.25, -0.2) is 12.1 Å². The van der Waals surface area contributed by atoms with E-state index in [2.05, 4.69) is 13.8 Å². The molecule has 0 fully saturated rings. The Bertz CT molecular complexity index is 161. The van der Waals surface area contributed by atoms with Crippen molar-refractivity contribution >= 4 is 0 Å². The molecule has 0 aliphatic heterocycles. The largest absolute Gasteiger partial charge is 2.00 e. The second-order valence-corrected chi connectivity index (χ2v) is 1.77. The average molecular weight is 318 g/mol. The molecule has 1 aromatic rings. The van der Waals surface area contributed by atoms with Crippen LogP contribution in [0.4, 0.5) is 0 Å². The number of rotatable bonds is 0. The third-order valence-electron chi connectivity index (χ3n) is 1.12. The third kappa shape index (κ3) is 4.98. The van der Waals surface area contributed by atoms with Gasteiger partial charge >= 0.3 is 21.1 Å². The van der Waals surface area contributed by atoms with E-state index < -0.39 is 0 Å². The number of hydrogen-bond acceptors (Lipinski definition) is 0. The molecule has 60 valence electrons. The van der Waals surface area contributed by atoms with Crippen molar-refractivity contribution in [2.24, 2.45) is 0 Å². The van der Waals surface area contributed by atoms with Gasteiger partial charge in [0.2, 0.25) is 0 Å². The van der Waals surface area contributed by atoms with E-state index in [1.54, 1.807) is 0 Å². The minimum absolute atomic E-state index is 0. The van der Waals surface area contributed by atoms with Gasteiger partial charge in [-0.05, 0) is 0 Å². The van der Waals surface area contributed by atoms with Crippen LogP contribution in [0, 0.1) is 13.8 Å². The van der Waals surface area contributed by atoms with Crippen molar-refractivity contribution in [3.63, 3.8) is 0 Å². The van der Waals surface area contributed by atoms with Crippen molar-refractivity contribution in [3.8, 4) is 0 Å². The van der Waals surface area contributed by atoms with Crippen LogP contribution in [-0.4, -0.2) is 0 Å². The normalized spacial score (nSPS) is 7.09.